The van der Waals surface area contributed by atoms with Gasteiger partial charge in [-0.25, -0.2) is 8.42 Å². The van der Waals surface area contributed by atoms with E-state index in [1.54, 1.807) is 11.2 Å². The summed E-state index contributed by atoms with van der Waals surface area (Å²) < 4.78 is 25.4. The smallest absolute Gasteiger partial charge is 0.235 e. The van der Waals surface area contributed by atoms with Gasteiger partial charge in [-0.2, -0.15) is 0 Å². The fraction of sp³-hybridized carbons (Fsp3) is 0.455. The van der Waals surface area contributed by atoms with Gasteiger partial charge in [0, 0.05) is 6.04 Å². The summed E-state index contributed by atoms with van der Waals surface area (Å²) in [5.41, 5.74) is 1.98. The third-order valence-electron chi connectivity index (χ3n) is 2.81. The molecule has 0 aliphatic carbocycles. The minimum Gasteiger partial charge on any atom is -0.267 e. The molecule has 0 N–H and O–H groups in total. The fourth-order valence-electron chi connectivity index (χ4n) is 2.10. The molecule has 2 rings (SSSR count). The third-order valence-corrected chi connectivity index (χ3v) is 4.69. The Labute approximate surface area is 90.8 Å². The van der Waals surface area contributed by atoms with E-state index in [1.165, 1.54) is 0 Å². The number of hydrogen-bond acceptors (Lipinski definition) is 2. The van der Waals surface area contributed by atoms with Gasteiger partial charge in [0.1, 0.15) is 0 Å². The van der Waals surface area contributed by atoms with Gasteiger partial charge in [-0.15, -0.1) is 0 Å². The highest BCUT2D eigenvalue weighted by atomic mass is 32.2. The maximum Gasteiger partial charge on any atom is 0.235 e. The molecule has 1 atom stereocenters. The summed E-state index contributed by atoms with van der Waals surface area (Å²) in [6.07, 6.45) is 0.815. The lowest BCUT2D eigenvalue weighted by molar-refractivity contribution is 0.585. The number of benzene rings is 1. The molecule has 1 heterocycles. The molecule has 1 aromatic rings. The van der Waals surface area contributed by atoms with Crippen LogP contribution < -0.4 is 4.31 Å². The molecule has 82 valence electrons. The highest BCUT2D eigenvalue weighted by Crippen LogP contribution is 2.34. The van der Waals surface area contributed by atoms with Gasteiger partial charge >= 0.3 is 0 Å². The molecule has 0 spiro atoms. The molecule has 0 bridgehead atoms. The van der Waals surface area contributed by atoms with Gasteiger partial charge in [-0.05, 0) is 31.9 Å². The van der Waals surface area contributed by atoms with Gasteiger partial charge in [0.25, 0.3) is 0 Å². The maximum atomic E-state index is 11.9. The molecule has 0 aromatic heterocycles. The highest BCUT2D eigenvalue weighted by Gasteiger charge is 2.33. The first-order chi connectivity index (χ1) is 7.06. The molecule has 1 aliphatic rings. The third kappa shape index (κ3) is 1.63. The lowest BCUT2D eigenvalue weighted by Gasteiger charge is -2.23. The number of para-hydroxylation sites is 1. The average Bonchev–Trinajstić information content (AvgIpc) is 2.54. The summed E-state index contributed by atoms with van der Waals surface area (Å²) in [4.78, 5) is 0. The summed E-state index contributed by atoms with van der Waals surface area (Å²) in [6, 6.07) is 7.76. The minimum atomic E-state index is -3.13. The second-order valence-corrected chi connectivity index (χ2v) is 6.01. The van der Waals surface area contributed by atoms with Crippen LogP contribution >= 0.6 is 0 Å². The van der Waals surface area contributed by atoms with Gasteiger partial charge in [-0.1, -0.05) is 18.2 Å². The van der Waals surface area contributed by atoms with Crippen molar-refractivity contribution in [1.29, 1.82) is 0 Å². The lowest BCUT2D eigenvalue weighted by Crippen LogP contribution is -2.36. The van der Waals surface area contributed by atoms with Crippen LogP contribution in [0.15, 0.2) is 24.3 Å². The summed E-state index contributed by atoms with van der Waals surface area (Å²) in [5, 5.41) is 0. The zero-order valence-corrected chi connectivity index (χ0v) is 9.79. The quantitative estimate of drug-likeness (QED) is 0.769. The maximum absolute atomic E-state index is 11.9. The predicted octanol–water partition coefficient (Wildman–Crippen LogP) is 1.79. The zero-order chi connectivity index (χ0) is 11.1. The largest absolute Gasteiger partial charge is 0.267 e. The van der Waals surface area contributed by atoms with Crippen molar-refractivity contribution in [2.75, 3.05) is 10.1 Å². The standard InChI is InChI=1S/C11H15NO2S/c1-3-15(13,14)12-9(2)8-10-6-4-5-7-11(10)12/h4-7,9H,3,8H2,1-2H3/t9-/m0/s1. The van der Waals surface area contributed by atoms with Crippen LogP contribution in [0.1, 0.15) is 19.4 Å². The Morgan fingerprint density at radius 1 is 1.40 bits per heavy atom. The van der Waals surface area contributed by atoms with Crippen molar-refractivity contribution >= 4 is 15.7 Å². The molecule has 0 saturated heterocycles. The van der Waals surface area contributed by atoms with E-state index in [0.717, 1.165) is 17.7 Å². The summed E-state index contributed by atoms with van der Waals surface area (Å²) >= 11 is 0. The number of hydrogen-bond donors (Lipinski definition) is 0. The van der Waals surface area contributed by atoms with Crippen molar-refractivity contribution in [2.24, 2.45) is 0 Å². The van der Waals surface area contributed by atoms with Crippen LogP contribution in [0.3, 0.4) is 0 Å². The summed E-state index contributed by atoms with van der Waals surface area (Å²) in [7, 11) is -3.13. The molecular weight excluding hydrogens is 210 g/mol. The van der Waals surface area contributed by atoms with E-state index in [2.05, 4.69) is 0 Å². The number of anilines is 1. The van der Waals surface area contributed by atoms with Crippen LogP contribution in [0.4, 0.5) is 5.69 Å². The Kier molecular flexibility index (Phi) is 2.46. The monoisotopic (exact) mass is 225 g/mol. The van der Waals surface area contributed by atoms with Crippen molar-refractivity contribution < 1.29 is 8.42 Å². The molecule has 15 heavy (non-hydrogen) atoms. The van der Waals surface area contributed by atoms with E-state index in [4.69, 9.17) is 0 Å². The minimum absolute atomic E-state index is 0.0485. The first kappa shape index (κ1) is 10.5. The molecule has 1 aromatic carbocycles. The molecule has 0 saturated carbocycles. The van der Waals surface area contributed by atoms with E-state index in [1.807, 2.05) is 31.2 Å². The molecule has 0 unspecified atom stereocenters. The molecule has 4 heteroatoms. The van der Waals surface area contributed by atoms with E-state index in [9.17, 15) is 8.42 Å². The van der Waals surface area contributed by atoms with Crippen LogP contribution in [0.2, 0.25) is 0 Å². The highest BCUT2D eigenvalue weighted by molar-refractivity contribution is 7.92. The zero-order valence-electron chi connectivity index (χ0n) is 8.97. The Morgan fingerprint density at radius 3 is 2.73 bits per heavy atom. The van der Waals surface area contributed by atoms with Gasteiger partial charge in [0.15, 0.2) is 0 Å². The van der Waals surface area contributed by atoms with Crippen LogP contribution in [-0.4, -0.2) is 20.2 Å². The summed E-state index contributed by atoms with van der Waals surface area (Å²) in [6.45, 7) is 3.64. The average molecular weight is 225 g/mol. The SMILES string of the molecule is CCS(=O)(=O)N1c2ccccc2C[C@@H]1C. The van der Waals surface area contributed by atoms with Crippen LogP contribution in [-0.2, 0) is 16.4 Å². The van der Waals surface area contributed by atoms with E-state index in [-0.39, 0.29) is 11.8 Å². The normalized spacial score (nSPS) is 20.4. The second kappa shape index (κ2) is 3.52. The van der Waals surface area contributed by atoms with E-state index >= 15 is 0 Å². The Hall–Kier alpha value is -1.03. The van der Waals surface area contributed by atoms with Crippen LogP contribution in [0.5, 0.6) is 0 Å². The molecule has 0 amide bonds. The van der Waals surface area contributed by atoms with Gasteiger partial charge in [0.05, 0.1) is 11.4 Å². The molecular formula is C11H15NO2S. The number of sulfonamides is 1. The molecule has 0 fully saturated rings. The Morgan fingerprint density at radius 2 is 2.07 bits per heavy atom. The van der Waals surface area contributed by atoms with Gasteiger partial charge < -0.3 is 0 Å². The van der Waals surface area contributed by atoms with Crippen molar-refractivity contribution in [1.82, 2.24) is 0 Å². The van der Waals surface area contributed by atoms with Crippen molar-refractivity contribution in [3.8, 4) is 0 Å². The van der Waals surface area contributed by atoms with Crippen molar-refractivity contribution in [3.05, 3.63) is 29.8 Å². The van der Waals surface area contributed by atoms with Crippen molar-refractivity contribution in [3.63, 3.8) is 0 Å². The topological polar surface area (TPSA) is 37.4 Å². The number of nitrogens with zero attached hydrogens (tertiary/aromatic N) is 1. The lowest BCUT2D eigenvalue weighted by atomic mass is 10.1. The molecule has 1 aliphatic heterocycles. The molecule has 3 nitrogen and oxygen atoms in total. The van der Waals surface area contributed by atoms with Gasteiger partial charge in [-0.3, -0.25) is 4.31 Å². The van der Waals surface area contributed by atoms with E-state index < -0.39 is 10.0 Å². The first-order valence-electron chi connectivity index (χ1n) is 5.16. The van der Waals surface area contributed by atoms with Crippen molar-refractivity contribution in [2.45, 2.75) is 26.3 Å². The predicted molar refractivity (Wildman–Crippen MR) is 61.5 cm³/mol. The van der Waals surface area contributed by atoms with Gasteiger partial charge in [0.2, 0.25) is 10.0 Å². The van der Waals surface area contributed by atoms with Crippen LogP contribution in [0, 0.1) is 0 Å². The second-order valence-electron chi connectivity index (χ2n) is 3.88. The fourth-order valence-corrected chi connectivity index (χ4v) is 3.48. The Bertz CT molecular complexity index is 467. The number of rotatable bonds is 2. The number of fused-ring (bicyclic) bond motifs is 1. The Balaban J connectivity index is 2.51. The van der Waals surface area contributed by atoms with E-state index in [0.29, 0.717) is 0 Å². The molecule has 0 radical (unpaired) electrons. The summed E-state index contributed by atoms with van der Waals surface area (Å²) in [5.74, 6) is 0.158. The van der Waals surface area contributed by atoms with Crippen LogP contribution in [0.25, 0.3) is 0 Å². The first-order valence-corrected chi connectivity index (χ1v) is 6.77.